The fraction of sp³-hybridized carbons (Fsp3) is 0.0952. The molecule has 1 aliphatic rings. The summed E-state index contributed by atoms with van der Waals surface area (Å²) < 4.78 is 8.13. The molecule has 0 aliphatic carbocycles. The molecule has 5 rings (SSSR count). The Morgan fingerprint density at radius 1 is 1.11 bits per heavy atom. The van der Waals surface area contributed by atoms with E-state index in [1.807, 2.05) is 42.5 Å². The SMILES string of the molecule is COc1cc(C2Nc3ccccc3-c3nc4ccccc4n32)cc(Br)c1O. The molecule has 27 heavy (non-hydrogen) atoms. The maximum Gasteiger partial charge on any atom is 0.172 e. The first-order chi connectivity index (χ1) is 13.2. The molecule has 1 aliphatic heterocycles. The number of hydrogen-bond donors (Lipinski definition) is 2. The molecule has 1 atom stereocenters. The smallest absolute Gasteiger partial charge is 0.172 e. The van der Waals surface area contributed by atoms with Crippen molar-refractivity contribution < 1.29 is 9.84 Å². The summed E-state index contributed by atoms with van der Waals surface area (Å²) >= 11 is 3.43. The number of nitrogens with one attached hydrogen (secondary N) is 1. The van der Waals surface area contributed by atoms with Crippen molar-refractivity contribution in [2.24, 2.45) is 0 Å². The molecule has 0 spiro atoms. The van der Waals surface area contributed by atoms with Crippen molar-refractivity contribution in [1.82, 2.24) is 9.55 Å². The van der Waals surface area contributed by atoms with Gasteiger partial charge in [0.15, 0.2) is 11.5 Å². The highest BCUT2D eigenvalue weighted by Crippen LogP contribution is 2.43. The maximum absolute atomic E-state index is 10.2. The fourth-order valence-corrected chi connectivity index (χ4v) is 4.11. The number of para-hydroxylation sites is 3. The molecule has 0 saturated carbocycles. The Hall–Kier alpha value is -2.99. The molecule has 0 radical (unpaired) electrons. The Morgan fingerprint density at radius 3 is 2.74 bits per heavy atom. The summed E-state index contributed by atoms with van der Waals surface area (Å²) in [6, 6.07) is 20.0. The van der Waals surface area contributed by atoms with E-state index >= 15 is 0 Å². The van der Waals surface area contributed by atoms with Crippen LogP contribution in [-0.4, -0.2) is 21.8 Å². The molecule has 3 aromatic carbocycles. The molecular formula is C21H16BrN3O2. The van der Waals surface area contributed by atoms with E-state index in [0.29, 0.717) is 10.2 Å². The second-order valence-corrected chi connectivity index (χ2v) is 7.29. The summed E-state index contributed by atoms with van der Waals surface area (Å²) in [5, 5.41) is 13.8. The van der Waals surface area contributed by atoms with Gasteiger partial charge in [-0.3, -0.25) is 4.57 Å². The van der Waals surface area contributed by atoms with Gasteiger partial charge in [0, 0.05) is 11.3 Å². The van der Waals surface area contributed by atoms with Crippen molar-refractivity contribution in [2.75, 3.05) is 12.4 Å². The minimum absolute atomic E-state index is 0.0909. The van der Waals surface area contributed by atoms with Crippen molar-refractivity contribution in [3.05, 3.63) is 70.7 Å². The average molecular weight is 422 g/mol. The van der Waals surface area contributed by atoms with Gasteiger partial charge < -0.3 is 15.2 Å². The molecule has 0 saturated heterocycles. The molecular weight excluding hydrogens is 406 g/mol. The topological polar surface area (TPSA) is 59.3 Å². The number of imidazole rings is 1. The lowest BCUT2D eigenvalue weighted by Crippen LogP contribution is -2.24. The number of nitrogens with zero attached hydrogens (tertiary/aromatic N) is 2. The van der Waals surface area contributed by atoms with Gasteiger partial charge in [-0.05, 0) is 57.9 Å². The average Bonchev–Trinajstić information content (AvgIpc) is 3.09. The van der Waals surface area contributed by atoms with E-state index in [1.54, 1.807) is 7.11 Å². The van der Waals surface area contributed by atoms with E-state index in [9.17, 15) is 5.11 Å². The third-order valence-corrected chi connectivity index (χ3v) is 5.51. The lowest BCUT2D eigenvalue weighted by atomic mass is 10.1. The van der Waals surface area contributed by atoms with Crippen molar-refractivity contribution in [1.29, 1.82) is 0 Å². The van der Waals surface area contributed by atoms with Crippen LogP contribution in [-0.2, 0) is 0 Å². The number of benzene rings is 3. The lowest BCUT2D eigenvalue weighted by Gasteiger charge is -2.30. The second-order valence-electron chi connectivity index (χ2n) is 6.44. The normalized spacial score (nSPS) is 15.1. The number of rotatable bonds is 2. The zero-order valence-corrected chi connectivity index (χ0v) is 16.1. The number of fused-ring (bicyclic) bond motifs is 5. The first kappa shape index (κ1) is 16.2. The van der Waals surface area contributed by atoms with Crippen LogP contribution in [0.25, 0.3) is 22.4 Å². The van der Waals surface area contributed by atoms with Gasteiger partial charge in [-0.1, -0.05) is 24.3 Å². The molecule has 4 aromatic rings. The minimum atomic E-state index is -0.187. The van der Waals surface area contributed by atoms with Gasteiger partial charge in [0.2, 0.25) is 0 Å². The third-order valence-electron chi connectivity index (χ3n) is 4.90. The summed E-state index contributed by atoms with van der Waals surface area (Å²) in [7, 11) is 1.55. The molecule has 134 valence electrons. The van der Waals surface area contributed by atoms with Gasteiger partial charge >= 0.3 is 0 Å². The van der Waals surface area contributed by atoms with Crippen LogP contribution in [0.15, 0.2) is 65.1 Å². The van der Waals surface area contributed by atoms with Crippen LogP contribution < -0.4 is 10.1 Å². The number of phenols is 1. The van der Waals surface area contributed by atoms with Gasteiger partial charge in [0.05, 0.1) is 22.6 Å². The van der Waals surface area contributed by atoms with Crippen molar-refractivity contribution >= 4 is 32.7 Å². The summed E-state index contributed by atoms with van der Waals surface area (Å²) in [6.45, 7) is 0. The van der Waals surface area contributed by atoms with Gasteiger partial charge in [-0.15, -0.1) is 0 Å². The molecule has 0 amide bonds. The van der Waals surface area contributed by atoms with Gasteiger partial charge in [0.25, 0.3) is 0 Å². The van der Waals surface area contributed by atoms with Crippen LogP contribution in [0.2, 0.25) is 0 Å². The van der Waals surface area contributed by atoms with Crippen LogP contribution in [0, 0.1) is 0 Å². The fourth-order valence-electron chi connectivity index (χ4n) is 3.65. The number of aromatic hydroxyl groups is 1. The Bertz CT molecular complexity index is 1190. The number of methoxy groups -OCH3 is 1. The molecule has 5 nitrogen and oxygen atoms in total. The lowest BCUT2D eigenvalue weighted by molar-refractivity contribution is 0.371. The van der Waals surface area contributed by atoms with E-state index in [0.717, 1.165) is 33.7 Å². The Labute approximate surface area is 164 Å². The first-order valence-corrected chi connectivity index (χ1v) is 9.36. The minimum Gasteiger partial charge on any atom is -0.503 e. The predicted octanol–water partition coefficient (Wildman–Crippen LogP) is 5.15. The summed E-state index contributed by atoms with van der Waals surface area (Å²) in [5.74, 6) is 1.43. The molecule has 1 unspecified atom stereocenters. The van der Waals surface area contributed by atoms with Crippen molar-refractivity contribution in [3.63, 3.8) is 0 Å². The number of hydrogen-bond acceptors (Lipinski definition) is 4. The quantitative estimate of drug-likeness (QED) is 0.469. The highest BCUT2D eigenvalue weighted by molar-refractivity contribution is 9.10. The van der Waals surface area contributed by atoms with Crippen LogP contribution in [0.3, 0.4) is 0 Å². The van der Waals surface area contributed by atoms with Crippen LogP contribution >= 0.6 is 15.9 Å². The maximum atomic E-state index is 10.2. The summed E-state index contributed by atoms with van der Waals surface area (Å²) in [5.41, 5.74) is 5.03. The number of aromatic nitrogens is 2. The third kappa shape index (κ3) is 2.40. The summed E-state index contributed by atoms with van der Waals surface area (Å²) in [6.07, 6.45) is -0.187. The zero-order valence-electron chi connectivity index (χ0n) is 14.5. The van der Waals surface area contributed by atoms with E-state index < -0.39 is 0 Å². The Balaban J connectivity index is 1.80. The zero-order chi connectivity index (χ0) is 18.5. The van der Waals surface area contributed by atoms with Crippen LogP contribution in [0.1, 0.15) is 11.7 Å². The highest BCUT2D eigenvalue weighted by Gasteiger charge is 2.29. The second kappa shape index (κ2) is 6.03. The molecule has 0 bridgehead atoms. The number of phenolic OH excluding ortho intramolecular Hbond substituents is 1. The van der Waals surface area contributed by atoms with E-state index in [-0.39, 0.29) is 11.9 Å². The van der Waals surface area contributed by atoms with Crippen molar-refractivity contribution in [2.45, 2.75) is 6.17 Å². The monoisotopic (exact) mass is 421 g/mol. The van der Waals surface area contributed by atoms with E-state index in [2.05, 4.69) is 44.0 Å². The standard InChI is InChI=1S/C21H16BrN3O2/c1-27-18-11-12(10-14(22)19(18)26)20-23-15-7-3-2-6-13(15)21-24-16-8-4-5-9-17(16)25(20)21/h2-11,20,23,26H,1H3. The molecule has 2 heterocycles. The van der Waals surface area contributed by atoms with Crippen LogP contribution in [0.5, 0.6) is 11.5 Å². The van der Waals surface area contributed by atoms with Gasteiger partial charge in [-0.25, -0.2) is 4.98 Å². The Kier molecular flexibility index (Phi) is 3.62. The summed E-state index contributed by atoms with van der Waals surface area (Å²) in [4.78, 5) is 4.88. The Morgan fingerprint density at radius 2 is 1.89 bits per heavy atom. The number of halogens is 1. The molecule has 2 N–H and O–H groups in total. The van der Waals surface area contributed by atoms with E-state index in [1.165, 1.54) is 0 Å². The van der Waals surface area contributed by atoms with Gasteiger partial charge in [-0.2, -0.15) is 0 Å². The largest absolute Gasteiger partial charge is 0.503 e. The van der Waals surface area contributed by atoms with Crippen LogP contribution in [0.4, 0.5) is 5.69 Å². The number of anilines is 1. The molecule has 1 aromatic heterocycles. The first-order valence-electron chi connectivity index (χ1n) is 8.56. The van der Waals surface area contributed by atoms with Crippen molar-refractivity contribution in [3.8, 4) is 22.9 Å². The van der Waals surface area contributed by atoms with Gasteiger partial charge in [0.1, 0.15) is 12.0 Å². The molecule has 6 heteroatoms. The molecule has 0 fully saturated rings. The number of ether oxygens (including phenoxy) is 1. The van der Waals surface area contributed by atoms with E-state index in [4.69, 9.17) is 9.72 Å². The predicted molar refractivity (Wildman–Crippen MR) is 109 cm³/mol. The highest BCUT2D eigenvalue weighted by atomic mass is 79.9.